The highest BCUT2D eigenvalue weighted by Crippen LogP contribution is 2.48. The molecular weight excluding hydrogens is 330 g/mol. The average molecular weight is 353 g/mol. The number of carboxylic acid groups (broad SMARTS) is 1. The molecule has 1 unspecified atom stereocenters. The monoisotopic (exact) mass is 353 g/mol. The molecule has 4 rings (SSSR count). The van der Waals surface area contributed by atoms with Crippen molar-refractivity contribution in [3.8, 4) is 11.1 Å². The van der Waals surface area contributed by atoms with E-state index in [1.54, 1.807) is 11.1 Å². The molecule has 1 saturated carbocycles. The lowest BCUT2D eigenvalue weighted by Gasteiger charge is -2.36. The summed E-state index contributed by atoms with van der Waals surface area (Å²) in [6.07, 6.45) is 6.69. The fourth-order valence-electron chi connectivity index (χ4n) is 4.67. The third kappa shape index (κ3) is 2.79. The van der Waals surface area contributed by atoms with Crippen LogP contribution >= 0.6 is 0 Å². The maximum Gasteiger partial charge on any atom is 0.308 e. The molecule has 2 fully saturated rings. The van der Waals surface area contributed by atoms with E-state index in [0.29, 0.717) is 12.2 Å². The Morgan fingerprint density at radius 2 is 1.88 bits per heavy atom. The van der Waals surface area contributed by atoms with E-state index in [2.05, 4.69) is 10.2 Å². The molecule has 1 aliphatic carbocycles. The molecule has 1 aliphatic heterocycles. The molecule has 2 aromatic rings. The molecule has 1 aromatic carbocycles. The number of likely N-dealkylation sites (tertiary alicyclic amines) is 1. The standard InChI is InChI=1S/C20H23N3O3/c24-18(17-15(11-21-22-17)14-7-3-1-4-8-14)23-12-16(19(25)26)20(13-23)9-5-2-6-10-20/h1,3-4,7-8,11,16H,2,5-6,9-10,12-13H2,(H,21,22)(H,25,26). The number of amides is 1. The molecule has 2 N–H and O–H groups in total. The Hall–Kier alpha value is -2.63. The largest absolute Gasteiger partial charge is 0.481 e. The molecular formula is C20H23N3O3. The third-order valence-electron chi connectivity index (χ3n) is 6.02. The smallest absolute Gasteiger partial charge is 0.308 e. The number of carboxylic acids is 1. The van der Waals surface area contributed by atoms with Crippen LogP contribution in [0.4, 0.5) is 0 Å². The van der Waals surface area contributed by atoms with Crippen LogP contribution in [0.2, 0.25) is 0 Å². The second-order valence-electron chi connectivity index (χ2n) is 7.52. The van der Waals surface area contributed by atoms with Crippen LogP contribution in [-0.2, 0) is 4.79 Å². The third-order valence-corrected chi connectivity index (χ3v) is 6.02. The molecule has 0 bridgehead atoms. The van der Waals surface area contributed by atoms with Crippen LogP contribution in [0.3, 0.4) is 0 Å². The van der Waals surface area contributed by atoms with Crippen LogP contribution in [0.5, 0.6) is 0 Å². The van der Waals surface area contributed by atoms with E-state index >= 15 is 0 Å². The highest BCUT2D eigenvalue weighted by atomic mass is 16.4. The summed E-state index contributed by atoms with van der Waals surface area (Å²) >= 11 is 0. The molecule has 6 heteroatoms. The number of aromatic amines is 1. The lowest BCUT2D eigenvalue weighted by atomic mass is 9.68. The van der Waals surface area contributed by atoms with Crippen molar-refractivity contribution >= 4 is 11.9 Å². The van der Waals surface area contributed by atoms with Gasteiger partial charge in [0.15, 0.2) is 0 Å². The van der Waals surface area contributed by atoms with Gasteiger partial charge in [-0.25, -0.2) is 0 Å². The van der Waals surface area contributed by atoms with E-state index in [1.807, 2.05) is 30.3 Å². The second kappa shape index (κ2) is 6.59. The van der Waals surface area contributed by atoms with Gasteiger partial charge >= 0.3 is 5.97 Å². The number of nitrogens with zero attached hydrogens (tertiary/aromatic N) is 2. The topological polar surface area (TPSA) is 86.3 Å². The summed E-state index contributed by atoms with van der Waals surface area (Å²) in [6, 6.07) is 9.65. The number of rotatable bonds is 3. The van der Waals surface area contributed by atoms with E-state index in [0.717, 1.165) is 43.2 Å². The van der Waals surface area contributed by atoms with Crippen LogP contribution in [0.1, 0.15) is 42.6 Å². The van der Waals surface area contributed by atoms with E-state index < -0.39 is 11.9 Å². The number of carbonyl (C=O) groups excluding carboxylic acids is 1. The van der Waals surface area contributed by atoms with Crippen molar-refractivity contribution in [3.05, 3.63) is 42.2 Å². The first-order valence-electron chi connectivity index (χ1n) is 9.22. The van der Waals surface area contributed by atoms with Crippen molar-refractivity contribution in [1.82, 2.24) is 15.1 Å². The Bertz CT molecular complexity index is 809. The minimum absolute atomic E-state index is 0.157. The first-order valence-corrected chi connectivity index (χ1v) is 9.22. The zero-order valence-corrected chi connectivity index (χ0v) is 14.6. The summed E-state index contributed by atoms with van der Waals surface area (Å²) in [5.74, 6) is -1.42. The first-order chi connectivity index (χ1) is 12.6. The SMILES string of the molecule is O=C(O)C1CN(C(=O)c2[nH]ncc2-c2ccccc2)CC12CCCCC2. The molecule has 26 heavy (non-hydrogen) atoms. The lowest BCUT2D eigenvalue weighted by Crippen LogP contribution is -2.37. The lowest BCUT2D eigenvalue weighted by molar-refractivity contribution is -0.145. The minimum Gasteiger partial charge on any atom is -0.481 e. The van der Waals surface area contributed by atoms with Crippen LogP contribution in [0.15, 0.2) is 36.5 Å². The molecule has 136 valence electrons. The average Bonchev–Trinajstić information content (AvgIpc) is 3.28. The van der Waals surface area contributed by atoms with Gasteiger partial charge in [0.1, 0.15) is 5.69 Å². The van der Waals surface area contributed by atoms with Crippen molar-refractivity contribution in [3.63, 3.8) is 0 Å². The quantitative estimate of drug-likeness (QED) is 0.887. The van der Waals surface area contributed by atoms with Gasteiger partial charge in [-0.2, -0.15) is 5.10 Å². The number of hydrogen-bond donors (Lipinski definition) is 2. The van der Waals surface area contributed by atoms with Crippen molar-refractivity contribution in [1.29, 1.82) is 0 Å². The van der Waals surface area contributed by atoms with Crippen LogP contribution in [-0.4, -0.2) is 45.2 Å². The summed E-state index contributed by atoms with van der Waals surface area (Å²) in [6.45, 7) is 0.803. The summed E-state index contributed by atoms with van der Waals surface area (Å²) in [4.78, 5) is 26.7. The van der Waals surface area contributed by atoms with E-state index in [4.69, 9.17) is 0 Å². The van der Waals surface area contributed by atoms with Gasteiger partial charge in [-0.1, -0.05) is 49.6 Å². The van der Waals surface area contributed by atoms with Crippen molar-refractivity contribution in [2.45, 2.75) is 32.1 Å². The molecule has 0 radical (unpaired) electrons. The van der Waals surface area contributed by atoms with Gasteiger partial charge in [0, 0.05) is 24.1 Å². The number of benzene rings is 1. The normalized spacial score (nSPS) is 21.8. The molecule has 1 saturated heterocycles. The Morgan fingerprint density at radius 1 is 1.15 bits per heavy atom. The van der Waals surface area contributed by atoms with Gasteiger partial charge < -0.3 is 10.0 Å². The maximum absolute atomic E-state index is 13.2. The molecule has 2 heterocycles. The zero-order valence-electron chi connectivity index (χ0n) is 14.6. The molecule has 1 spiro atoms. The number of carbonyl (C=O) groups is 2. The van der Waals surface area contributed by atoms with E-state index in [9.17, 15) is 14.7 Å². The minimum atomic E-state index is -0.782. The molecule has 1 atom stereocenters. The van der Waals surface area contributed by atoms with E-state index in [1.165, 1.54) is 0 Å². The number of aromatic nitrogens is 2. The Labute approximate surface area is 152 Å². The fraction of sp³-hybridized carbons (Fsp3) is 0.450. The summed E-state index contributed by atoms with van der Waals surface area (Å²) < 4.78 is 0. The van der Waals surface area contributed by atoms with Crippen molar-refractivity contribution in [2.24, 2.45) is 11.3 Å². The predicted molar refractivity (Wildman–Crippen MR) is 96.6 cm³/mol. The fourth-order valence-corrected chi connectivity index (χ4v) is 4.67. The first kappa shape index (κ1) is 16.8. The number of hydrogen-bond acceptors (Lipinski definition) is 3. The highest BCUT2D eigenvalue weighted by Gasteiger charge is 2.51. The molecule has 6 nitrogen and oxygen atoms in total. The molecule has 1 aromatic heterocycles. The molecule has 1 amide bonds. The van der Waals surface area contributed by atoms with Crippen molar-refractivity contribution in [2.75, 3.05) is 13.1 Å². The number of H-pyrrole nitrogens is 1. The van der Waals surface area contributed by atoms with Crippen LogP contribution in [0, 0.1) is 11.3 Å². The predicted octanol–water partition coefficient (Wildman–Crippen LogP) is 3.18. The number of nitrogens with one attached hydrogen (secondary N) is 1. The van der Waals surface area contributed by atoms with Gasteiger partial charge in [0.2, 0.25) is 0 Å². The maximum atomic E-state index is 13.2. The Morgan fingerprint density at radius 3 is 2.58 bits per heavy atom. The molecule has 2 aliphatic rings. The van der Waals surface area contributed by atoms with Crippen LogP contribution in [0.25, 0.3) is 11.1 Å². The Balaban J connectivity index is 1.62. The van der Waals surface area contributed by atoms with Gasteiger partial charge in [-0.05, 0) is 18.4 Å². The summed E-state index contributed by atoms with van der Waals surface area (Å²) in [5, 5.41) is 16.6. The van der Waals surface area contributed by atoms with Crippen LogP contribution < -0.4 is 0 Å². The number of aliphatic carboxylic acids is 1. The van der Waals surface area contributed by atoms with Gasteiger partial charge in [-0.15, -0.1) is 0 Å². The summed E-state index contributed by atoms with van der Waals surface area (Å²) in [5.41, 5.74) is 1.85. The summed E-state index contributed by atoms with van der Waals surface area (Å²) in [7, 11) is 0. The van der Waals surface area contributed by atoms with E-state index in [-0.39, 0.29) is 17.9 Å². The van der Waals surface area contributed by atoms with Crippen molar-refractivity contribution < 1.29 is 14.7 Å². The Kier molecular flexibility index (Phi) is 4.26. The zero-order chi connectivity index (χ0) is 18.1. The van der Waals surface area contributed by atoms with Gasteiger partial charge in [0.05, 0.1) is 12.1 Å². The van der Waals surface area contributed by atoms with Gasteiger partial charge in [0.25, 0.3) is 5.91 Å². The van der Waals surface area contributed by atoms with Gasteiger partial charge in [-0.3, -0.25) is 14.7 Å². The highest BCUT2D eigenvalue weighted by molar-refractivity contribution is 5.99. The second-order valence-corrected chi connectivity index (χ2v) is 7.52.